The molecular formula is C15H21N5O3. The van der Waals surface area contributed by atoms with Gasteiger partial charge in [-0.3, -0.25) is 18.3 Å². The minimum Gasteiger partial charge on any atom is -0.380 e. The molecule has 0 saturated heterocycles. The lowest BCUT2D eigenvalue weighted by Crippen LogP contribution is -2.40. The number of ether oxygens (including phenoxy) is 1. The van der Waals surface area contributed by atoms with E-state index in [9.17, 15) is 9.59 Å². The van der Waals surface area contributed by atoms with E-state index in [-0.39, 0.29) is 17.8 Å². The molecule has 0 spiro atoms. The second-order valence-electron chi connectivity index (χ2n) is 5.46. The van der Waals surface area contributed by atoms with Crippen LogP contribution in [-0.2, 0) is 24.9 Å². The molecule has 0 amide bonds. The van der Waals surface area contributed by atoms with E-state index in [0.717, 1.165) is 12.2 Å². The number of nitrogens with zero attached hydrogens (tertiary/aromatic N) is 5. The van der Waals surface area contributed by atoms with Crippen LogP contribution in [0.1, 0.15) is 19.5 Å². The first-order chi connectivity index (χ1) is 11.0. The van der Waals surface area contributed by atoms with E-state index in [2.05, 4.69) is 4.98 Å². The van der Waals surface area contributed by atoms with Crippen LogP contribution in [0.2, 0.25) is 0 Å². The van der Waals surface area contributed by atoms with E-state index in [0.29, 0.717) is 30.2 Å². The summed E-state index contributed by atoms with van der Waals surface area (Å²) in [7, 11) is 1.64. The van der Waals surface area contributed by atoms with Crippen LogP contribution in [0.3, 0.4) is 0 Å². The van der Waals surface area contributed by atoms with Gasteiger partial charge in [-0.25, -0.2) is 4.79 Å². The summed E-state index contributed by atoms with van der Waals surface area (Å²) in [6.07, 6.45) is 1.88. The Bertz CT molecular complexity index is 989. The van der Waals surface area contributed by atoms with Crippen LogP contribution in [0.15, 0.2) is 15.8 Å². The Labute approximate surface area is 132 Å². The maximum atomic E-state index is 12.8. The highest BCUT2D eigenvalue weighted by atomic mass is 16.5. The van der Waals surface area contributed by atoms with Gasteiger partial charge in [-0.1, -0.05) is 0 Å². The summed E-state index contributed by atoms with van der Waals surface area (Å²) in [6.45, 7) is 7.72. The minimum atomic E-state index is -0.372. The molecule has 0 unspecified atom stereocenters. The first-order valence-corrected chi connectivity index (χ1v) is 7.76. The van der Waals surface area contributed by atoms with Crippen molar-refractivity contribution in [2.45, 2.75) is 33.9 Å². The third-order valence-corrected chi connectivity index (χ3v) is 4.12. The molecule has 8 heteroatoms. The van der Waals surface area contributed by atoms with Gasteiger partial charge in [-0.05, 0) is 20.8 Å². The quantitative estimate of drug-likeness (QED) is 0.642. The van der Waals surface area contributed by atoms with Gasteiger partial charge in [0.05, 0.1) is 13.2 Å². The summed E-state index contributed by atoms with van der Waals surface area (Å²) in [5, 5.41) is 0. The van der Waals surface area contributed by atoms with Crippen LogP contribution in [0.4, 0.5) is 0 Å². The second kappa shape index (κ2) is 5.69. The van der Waals surface area contributed by atoms with Crippen molar-refractivity contribution in [3.63, 3.8) is 0 Å². The molecule has 23 heavy (non-hydrogen) atoms. The zero-order valence-electron chi connectivity index (χ0n) is 13.9. The standard InChI is InChI=1S/C15H21N5O3/c1-5-18-10(3)9-20-11-12(16-14(18)20)17(4)15(22)19(13(11)21)7-8-23-6-2/h9H,5-8H2,1-4H3. The highest BCUT2D eigenvalue weighted by Gasteiger charge is 2.19. The number of hydrogen-bond acceptors (Lipinski definition) is 4. The van der Waals surface area contributed by atoms with Gasteiger partial charge in [-0.2, -0.15) is 4.98 Å². The van der Waals surface area contributed by atoms with Crippen LogP contribution < -0.4 is 11.2 Å². The van der Waals surface area contributed by atoms with E-state index in [1.54, 1.807) is 11.4 Å². The molecule has 124 valence electrons. The molecule has 0 atom stereocenters. The van der Waals surface area contributed by atoms with Crippen LogP contribution in [-0.4, -0.2) is 36.3 Å². The minimum absolute atomic E-state index is 0.232. The molecule has 0 aliphatic carbocycles. The summed E-state index contributed by atoms with van der Waals surface area (Å²) in [5.74, 6) is 0.676. The van der Waals surface area contributed by atoms with Crippen molar-refractivity contribution in [2.75, 3.05) is 13.2 Å². The first-order valence-electron chi connectivity index (χ1n) is 7.76. The molecule has 0 aromatic carbocycles. The first kappa shape index (κ1) is 15.5. The lowest BCUT2D eigenvalue weighted by Gasteiger charge is -2.07. The predicted molar refractivity (Wildman–Crippen MR) is 87.1 cm³/mol. The van der Waals surface area contributed by atoms with Crippen molar-refractivity contribution < 1.29 is 4.74 Å². The molecule has 3 rings (SSSR count). The van der Waals surface area contributed by atoms with Gasteiger partial charge in [0, 0.05) is 32.1 Å². The van der Waals surface area contributed by atoms with Crippen molar-refractivity contribution in [1.82, 2.24) is 23.1 Å². The topological polar surface area (TPSA) is 75.5 Å². The lowest BCUT2D eigenvalue weighted by molar-refractivity contribution is 0.137. The molecule has 0 fully saturated rings. The molecule has 8 nitrogen and oxygen atoms in total. The Balaban J connectivity index is 2.34. The summed E-state index contributed by atoms with van der Waals surface area (Å²) in [5.41, 5.74) is 1.15. The Morgan fingerprint density at radius 2 is 1.96 bits per heavy atom. The fourth-order valence-corrected chi connectivity index (χ4v) is 2.94. The number of aromatic nitrogens is 5. The zero-order valence-corrected chi connectivity index (χ0v) is 13.9. The molecule has 0 radical (unpaired) electrons. The zero-order chi connectivity index (χ0) is 16.7. The molecule has 0 bridgehead atoms. The Morgan fingerprint density at radius 3 is 2.61 bits per heavy atom. The molecule has 0 aliphatic heterocycles. The van der Waals surface area contributed by atoms with E-state index in [1.807, 2.05) is 31.5 Å². The van der Waals surface area contributed by atoms with E-state index < -0.39 is 0 Å². The molecule has 0 aliphatic rings. The molecular weight excluding hydrogens is 298 g/mol. The van der Waals surface area contributed by atoms with Crippen molar-refractivity contribution in [3.05, 3.63) is 32.7 Å². The molecule has 3 heterocycles. The smallest absolute Gasteiger partial charge is 0.332 e. The molecule has 3 aromatic rings. The maximum Gasteiger partial charge on any atom is 0.332 e. The van der Waals surface area contributed by atoms with Gasteiger partial charge in [0.15, 0.2) is 11.2 Å². The number of fused-ring (bicyclic) bond motifs is 3. The van der Waals surface area contributed by atoms with Gasteiger partial charge in [-0.15, -0.1) is 0 Å². The van der Waals surface area contributed by atoms with Crippen LogP contribution >= 0.6 is 0 Å². The van der Waals surface area contributed by atoms with Crippen molar-refractivity contribution in [1.29, 1.82) is 0 Å². The van der Waals surface area contributed by atoms with Gasteiger partial charge in [0.2, 0.25) is 5.78 Å². The highest BCUT2D eigenvalue weighted by molar-refractivity contribution is 5.75. The Hall–Kier alpha value is -2.35. The molecule has 3 aromatic heterocycles. The summed E-state index contributed by atoms with van der Waals surface area (Å²) < 4.78 is 11.7. The lowest BCUT2D eigenvalue weighted by atomic mass is 10.4. The monoisotopic (exact) mass is 319 g/mol. The fourth-order valence-electron chi connectivity index (χ4n) is 2.94. The second-order valence-corrected chi connectivity index (χ2v) is 5.46. The Morgan fingerprint density at radius 1 is 1.22 bits per heavy atom. The number of hydrogen-bond donors (Lipinski definition) is 0. The SMILES string of the molecule is CCOCCn1c(=O)c2c(nc3n(CC)c(C)cn23)n(C)c1=O. The summed E-state index contributed by atoms with van der Waals surface area (Å²) >= 11 is 0. The predicted octanol–water partition coefficient (Wildman–Crippen LogP) is 0.514. The van der Waals surface area contributed by atoms with Crippen LogP contribution in [0, 0.1) is 6.92 Å². The Kier molecular flexibility index (Phi) is 3.85. The molecule has 0 N–H and O–H groups in total. The highest BCUT2D eigenvalue weighted by Crippen LogP contribution is 2.15. The van der Waals surface area contributed by atoms with Gasteiger partial charge >= 0.3 is 5.69 Å². The summed E-state index contributed by atoms with van der Waals surface area (Å²) in [6, 6.07) is 0. The van der Waals surface area contributed by atoms with Crippen molar-refractivity contribution in [2.24, 2.45) is 7.05 Å². The third-order valence-electron chi connectivity index (χ3n) is 4.12. The number of rotatable bonds is 5. The van der Waals surface area contributed by atoms with Gasteiger partial charge < -0.3 is 9.30 Å². The normalized spacial score (nSPS) is 11.8. The average Bonchev–Trinajstić information content (AvgIpc) is 3.03. The summed E-state index contributed by atoms with van der Waals surface area (Å²) in [4.78, 5) is 29.7. The van der Waals surface area contributed by atoms with Gasteiger partial charge in [0.25, 0.3) is 5.56 Å². The maximum absolute atomic E-state index is 12.8. The fraction of sp³-hybridized carbons (Fsp3) is 0.533. The van der Waals surface area contributed by atoms with Crippen LogP contribution in [0.5, 0.6) is 0 Å². The van der Waals surface area contributed by atoms with Gasteiger partial charge in [0.1, 0.15) is 0 Å². The van der Waals surface area contributed by atoms with E-state index in [1.165, 1.54) is 9.13 Å². The van der Waals surface area contributed by atoms with Crippen molar-refractivity contribution in [3.8, 4) is 0 Å². The average molecular weight is 319 g/mol. The largest absolute Gasteiger partial charge is 0.380 e. The van der Waals surface area contributed by atoms with E-state index >= 15 is 0 Å². The van der Waals surface area contributed by atoms with Crippen LogP contribution in [0.25, 0.3) is 16.9 Å². The number of aryl methyl sites for hydroxylation is 3. The third kappa shape index (κ3) is 2.21. The van der Waals surface area contributed by atoms with E-state index in [4.69, 9.17) is 4.74 Å². The molecule has 0 saturated carbocycles. The number of imidazole rings is 2. The van der Waals surface area contributed by atoms with Crippen molar-refractivity contribution >= 4 is 16.9 Å².